The number of carbonyl (C=O) groups excluding carboxylic acids is 1. The fourth-order valence-electron chi connectivity index (χ4n) is 4.85. The molecule has 33 heavy (non-hydrogen) atoms. The molecule has 0 aromatic heterocycles. The van der Waals surface area contributed by atoms with Gasteiger partial charge in [0.05, 0.1) is 30.6 Å². The van der Waals surface area contributed by atoms with Crippen molar-refractivity contribution >= 4 is 16.1 Å². The molecule has 11 heteroatoms. The zero-order valence-corrected chi connectivity index (χ0v) is 20.0. The molecular formula is C22H32F3N3O4S. The second kappa shape index (κ2) is 10.2. The van der Waals surface area contributed by atoms with Gasteiger partial charge in [0.15, 0.2) is 0 Å². The van der Waals surface area contributed by atoms with E-state index in [2.05, 4.69) is 4.72 Å². The number of alkyl halides is 3. The first kappa shape index (κ1) is 25.8. The Morgan fingerprint density at radius 2 is 1.79 bits per heavy atom. The van der Waals surface area contributed by atoms with Gasteiger partial charge in [-0.2, -0.15) is 13.2 Å². The van der Waals surface area contributed by atoms with Gasteiger partial charge in [0.25, 0.3) is 0 Å². The topological polar surface area (TPSA) is 79.0 Å². The van der Waals surface area contributed by atoms with Gasteiger partial charge in [-0.25, -0.2) is 17.9 Å². The van der Waals surface area contributed by atoms with Crippen LogP contribution in [0, 0.1) is 0 Å². The maximum absolute atomic E-state index is 13.4. The minimum atomic E-state index is -4.38. The Bertz CT molecular complexity index is 931. The molecule has 3 rings (SSSR count). The third-order valence-electron chi connectivity index (χ3n) is 6.42. The predicted octanol–water partition coefficient (Wildman–Crippen LogP) is 3.42. The summed E-state index contributed by atoms with van der Waals surface area (Å²) in [5, 5.41) is 0. The van der Waals surface area contributed by atoms with Crippen LogP contribution in [0.3, 0.4) is 0 Å². The van der Waals surface area contributed by atoms with Crippen molar-refractivity contribution in [1.29, 1.82) is 0 Å². The molecule has 2 aliphatic rings. The van der Waals surface area contributed by atoms with Gasteiger partial charge in [-0.15, -0.1) is 0 Å². The normalized spacial score (nSPS) is 26.4. The number of nitrogens with one attached hydrogen (secondary N) is 1. The Kier molecular flexibility index (Phi) is 7.95. The summed E-state index contributed by atoms with van der Waals surface area (Å²) in [6.45, 7) is 0.584. The van der Waals surface area contributed by atoms with Crippen molar-refractivity contribution < 1.29 is 31.1 Å². The van der Waals surface area contributed by atoms with Crippen LogP contribution >= 0.6 is 0 Å². The van der Waals surface area contributed by atoms with E-state index in [-0.39, 0.29) is 24.7 Å². The van der Waals surface area contributed by atoms with Gasteiger partial charge in [0, 0.05) is 26.7 Å². The molecule has 1 saturated heterocycles. The number of amides is 2. The lowest BCUT2D eigenvalue weighted by Crippen LogP contribution is -2.51. The molecule has 1 N–H and O–H groups in total. The van der Waals surface area contributed by atoms with E-state index in [0.29, 0.717) is 44.2 Å². The highest BCUT2D eigenvalue weighted by Gasteiger charge is 2.40. The Morgan fingerprint density at radius 3 is 2.36 bits per heavy atom. The minimum Gasteiger partial charge on any atom is -0.376 e. The second-order valence-corrected chi connectivity index (χ2v) is 10.9. The van der Waals surface area contributed by atoms with Gasteiger partial charge in [0.1, 0.15) is 0 Å². The molecule has 0 radical (unpaired) electrons. The zero-order chi connectivity index (χ0) is 24.4. The summed E-state index contributed by atoms with van der Waals surface area (Å²) in [7, 11) is -0.183. The van der Waals surface area contributed by atoms with Crippen LogP contribution in [-0.2, 0) is 20.9 Å². The number of ether oxygens (including phenoxy) is 1. The van der Waals surface area contributed by atoms with Crippen LogP contribution in [-0.4, -0.2) is 75.9 Å². The first-order chi connectivity index (χ1) is 15.4. The molecule has 2 amide bonds. The molecule has 7 nitrogen and oxygen atoms in total. The van der Waals surface area contributed by atoms with Crippen LogP contribution in [0.4, 0.5) is 18.0 Å². The summed E-state index contributed by atoms with van der Waals surface area (Å²) < 4.78 is 72.4. The molecule has 186 valence electrons. The molecule has 1 aromatic carbocycles. The van der Waals surface area contributed by atoms with Gasteiger partial charge in [-0.1, -0.05) is 18.2 Å². The summed E-state index contributed by atoms with van der Waals surface area (Å²) in [5.41, 5.74) is -0.243. The van der Waals surface area contributed by atoms with Crippen LogP contribution in [0.15, 0.2) is 24.3 Å². The fraction of sp³-hybridized carbons (Fsp3) is 0.682. The van der Waals surface area contributed by atoms with Crippen LogP contribution < -0.4 is 4.72 Å². The van der Waals surface area contributed by atoms with Crippen LogP contribution in [0.25, 0.3) is 0 Å². The van der Waals surface area contributed by atoms with Crippen molar-refractivity contribution in [3.05, 3.63) is 35.4 Å². The molecule has 1 aliphatic carbocycles. The van der Waals surface area contributed by atoms with E-state index in [4.69, 9.17) is 4.74 Å². The van der Waals surface area contributed by atoms with E-state index >= 15 is 0 Å². The molecule has 1 aromatic rings. The number of nitrogens with zero attached hydrogens (tertiary/aromatic N) is 2. The highest BCUT2D eigenvalue weighted by molar-refractivity contribution is 7.88. The number of hydrogen-bond acceptors (Lipinski definition) is 4. The van der Waals surface area contributed by atoms with Gasteiger partial charge >= 0.3 is 12.2 Å². The number of sulfonamides is 1. The van der Waals surface area contributed by atoms with E-state index in [1.54, 1.807) is 31.1 Å². The van der Waals surface area contributed by atoms with Gasteiger partial charge in [-0.05, 0) is 49.7 Å². The lowest BCUT2D eigenvalue weighted by atomic mass is 9.81. The summed E-state index contributed by atoms with van der Waals surface area (Å²) in [5.74, 6) is -0.180. The number of halogens is 3. The SMILES string of the molecule is CN(C)C(=O)N1CCC(NS(C)(=O)=O)C1CO[C@H]1CC[C@@H](c2ccccc2C(F)(F)F)CC1. The molecule has 2 unspecified atom stereocenters. The zero-order valence-electron chi connectivity index (χ0n) is 19.1. The molecule has 0 spiro atoms. The number of urea groups is 1. The number of benzene rings is 1. The molecule has 1 heterocycles. The van der Waals surface area contributed by atoms with Crippen LogP contribution in [0.1, 0.15) is 49.1 Å². The monoisotopic (exact) mass is 491 g/mol. The molecule has 0 bridgehead atoms. The Hall–Kier alpha value is -1.85. The Balaban J connectivity index is 1.62. The van der Waals surface area contributed by atoms with Gasteiger partial charge in [-0.3, -0.25) is 0 Å². The lowest BCUT2D eigenvalue weighted by molar-refractivity contribution is -0.138. The first-order valence-electron chi connectivity index (χ1n) is 11.1. The number of likely N-dealkylation sites (tertiary alicyclic amines) is 1. The number of hydrogen-bond donors (Lipinski definition) is 1. The smallest absolute Gasteiger partial charge is 0.376 e. The highest BCUT2D eigenvalue weighted by Crippen LogP contribution is 2.41. The predicted molar refractivity (Wildman–Crippen MR) is 118 cm³/mol. The average Bonchev–Trinajstić information content (AvgIpc) is 3.12. The third kappa shape index (κ3) is 6.60. The van der Waals surface area contributed by atoms with E-state index in [9.17, 15) is 26.4 Å². The van der Waals surface area contributed by atoms with Crippen LogP contribution in [0.2, 0.25) is 0 Å². The summed E-state index contributed by atoms with van der Waals surface area (Å²) in [6, 6.07) is 4.62. The quantitative estimate of drug-likeness (QED) is 0.662. The molecule has 1 saturated carbocycles. The molecular weight excluding hydrogens is 459 g/mol. The van der Waals surface area contributed by atoms with Crippen molar-refractivity contribution in [3.8, 4) is 0 Å². The third-order valence-corrected chi connectivity index (χ3v) is 7.15. The van der Waals surface area contributed by atoms with Gasteiger partial charge in [0.2, 0.25) is 10.0 Å². The van der Waals surface area contributed by atoms with Gasteiger partial charge < -0.3 is 14.5 Å². The number of carbonyl (C=O) groups is 1. The largest absolute Gasteiger partial charge is 0.416 e. The van der Waals surface area contributed by atoms with Crippen LogP contribution in [0.5, 0.6) is 0 Å². The van der Waals surface area contributed by atoms with E-state index in [1.807, 2.05) is 0 Å². The maximum atomic E-state index is 13.4. The van der Waals surface area contributed by atoms with Crippen molar-refractivity contribution in [2.75, 3.05) is 33.5 Å². The number of rotatable bonds is 6. The highest BCUT2D eigenvalue weighted by atomic mass is 32.2. The standard InChI is InChI=1S/C22H32F3N3O4S/c1-27(2)21(29)28-13-12-19(26-33(3,30)31)20(28)14-32-16-10-8-15(9-11-16)17-6-4-5-7-18(17)22(23,24)25/h4-7,15-16,19-20,26H,8-14H2,1-3H3/t15-,16+,19?,20?. The summed E-state index contributed by atoms with van der Waals surface area (Å²) in [4.78, 5) is 15.6. The maximum Gasteiger partial charge on any atom is 0.416 e. The average molecular weight is 492 g/mol. The van der Waals surface area contributed by atoms with Crippen molar-refractivity contribution in [2.24, 2.45) is 0 Å². The van der Waals surface area contributed by atoms with Crippen molar-refractivity contribution in [2.45, 2.75) is 62.4 Å². The summed E-state index contributed by atoms with van der Waals surface area (Å²) in [6.07, 6.45) is -0.582. The van der Waals surface area contributed by atoms with E-state index in [1.165, 1.54) is 11.0 Å². The lowest BCUT2D eigenvalue weighted by Gasteiger charge is -2.34. The summed E-state index contributed by atoms with van der Waals surface area (Å²) >= 11 is 0. The Labute approximate surface area is 193 Å². The molecule has 2 fully saturated rings. The molecule has 1 aliphatic heterocycles. The van der Waals surface area contributed by atoms with Crippen molar-refractivity contribution in [1.82, 2.24) is 14.5 Å². The fourth-order valence-corrected chi connectivity index (χ4v) is 5.68. The van der Waals surface area contributed by atoms with E-state index in [0.717, 1.165) is 12.3 Å². The van der Waals surface area contributed by atoms with E-state index < -0.39 is 33.8 Å². The first-order valence-corrected chi connectivity index (χ1v) is 13.0. The van der Waals surface area contributed by atoms with Crippen molar-refractivity contribution in [3.63, 3.8) is 0 Å². The second-order valence-electron chi connectivity index (χ2n) is 9.11. The molecule has 2 atom stereocenters. The Morgan fingerprint density at radius 1 is 1.15 bits per heavy atom. The minimum absolute atomic E-state index is 0.143.